The Labute approximate surface area is 89.8 Å². The van der Waals surface area contributed by atoms with Crippen LogP contribution in [0, 0.1) is 17.3 Å². The Kier molecular flexibility index (Phi) is 2.24. The van der Waals surface area contributed by atoms with E-state index < -0.39 is 9.05 Å². The topological polar surface area (TPSA) is 34.1 Å². The second-order valence-corrected chi connectivity index (χ2v) is 7.45. The molecule has 14 heavy (non-hydrogen) atoms. The maximum Gasteiger partial charge on any atom is 0.254 e. The van der Waals surface area contributed by atoms with Crippen molar-refractivity contribution in [1.82, 2.24) is 0 Å². The summed E-state index contributed by atoms with van der Waals surface area (Å²) in [6.45, 7) is 4.26. The highest BCUT2D eigenvalue weighted by atomic mass is 35.7. The van der Waals surface area contributed by atoms with Crippen LogP contribution >= 0.6 is 10.7 Å². The highest BCUT2D eigenvalue weighted by molar-refractivity contribution is 8.16. The van der Waals surface area contributed by atoms with Gasteiger partial charge in [-0.05, 0) is 42.1 Å². The number of halogens is 1. The van der Waals surface area contributed by atoms with Gasteiger partial charge in [0.25, 0.3) is 9.05 Å². The van der Waals surface area contributed by atoms with Crippen LogP contribution in [0.2, 0.25) is 0 Å². The highest BCUT2D eigenvalue weighted by Gasteiger charge is 2.49. The molecule has 80 valence electrons. The van der Waals surface area contributed by atoms with E-state index in [0.717, 1.165) is 18.4 Å². The minimum Gasteiger partial charge on any atom is -0.208 e. The van der Waals surface area contributed by atoms with Gasteiger partial charge >= 0.3 is 0 Å². The van der Waals surface area contributed by atoms with Crippen molar-refractivity contribution in [3.63, 3.8) is 0 Å². The van der Waals surface area contributed by atoms with Gasteiger partial charge in [-0.25, -0.2) is 8.42 Å². The van der Waals surface area contributed by atoms with Crippen LogP contribution in [0.5, 0.6) is 0 Å². The molecule has 0 aromatic heterocycles. The zero-order chi connectivity index (χ0) is 10.6. The van der Waals surface area contributed by atoms with Crippen molar-refractivity contribution < 1.29 is 8.42 Å². The molecule has 2 bridgehead atoms. The summed E-state index contributed by atoms with van der Waals surface area (Å²) in [6.07, 6.45) is 3.51. The van der Waals surface area contributed by atoms with E-state index in [4.69, 9.17) is 10.7 Å². The fraction of sp³-hybridized carbons (Fsp3) is 0.800. The van der Waals surface area contributed by atoms with E-state index >= 15 is 0 Å². The quantitative estimate of drug-likeness (QED) is 0.654. The molecule has 0 radical (unpaired) electrons. The van der Waals surface area contributed by atoms with E-state index in [1.54, 1.807) is 0 Å². The molecule has 2 atom stereocenters. The number of allylic oxidation sites excluding steroid dienone is 1. The van der Waals surface area contributed by atoms with Gasteiger partial charge in [0.2, 0.25) is 0 Å². The molecule has 0 N–H and O–H groups in total. The van der Waals surface area contributed by atoms with Crippen LogP contribution < -0.4 is 0 Å². The molecule has 2 fully saturated rings. The van der Waals surface area contributed by atoms with Gasteiger partial charge in [-0.15, -0.1) is 0 Å². The third-order valence-corrected chi connectivity index (χ3v) is 4.71. The average Bonchev–Trinajstić information content (AvgIpc) is 2.51. The summed E-state index contributed by atoms with van der Waals surface area (Å²) in [5, 5.41) is 1.29. The Morgan fingerprint density at radius 2 is 2.07 bits per heavy atom. The van der Waals surface area contributed by atoms with Crippen molar-refractivity contribution in [3.8, 4) is 0 Å². The molecule has 0 heterocycles. The molecule has 0 aliphatic heterocycles. The van der Waals surface area contributed by atoms with Gasteiger partial charge in [0.1, 0.15) is 0 Å². The van der Waals surface area contributed by atoms with Crippen LogP contribution in [0.25, 0.3) is 0 Å². The van der Waals surface area contributed by atoms with Crippen LogP contribution in [0.15, 0.2) is 11.0 Å². The van der Waals surface area contributed by atoms with Crippen LogP contribution in [0.4, 0.5) is 0 Å². The molecule has 0 unspecified atom stereocenters. The van der Waals surface area contributed by atoms with E-state index in [-0.39, 0.29) is 5.41 Å². The lowest BCUT2D eigenvalue weighted by molar-refractivity contribution is 0.288. The van der Waals surface area contributed by atoms with Gasteiger partial charge in [-0.3, -0.25) is 0 Å². The molecule has 2 nitrogen and oxygen atoms in total. The van der Waals surface area contributed by atoms with E-state index in [2.05, 4.69) is 13.8 Å². The molecule has 0 aromatic carbocycles. The summed E-state index contributed by atoms with van der Waals surface area (Å²) in [7, 11) is 1.78. The van der Waals surface area contributed by atoms with E-state index in [1.165, 1.54) is 11.8 Å². The van der Waals surface area contributed by atoms with Gasteiger partial charge in [-0.2, -0.15) is 0 Å². The van der Waals surface area contributed by atoms with E-state index in [9.17, 15) is 8.42 Å². The van der Waals surface area contributed by atoms with Gasteiger partial charge in [0, 0.05) is 16.1 Å². The maximum atomic E-state index is 11.0. The zero-order valence-corrected chi connectivity index (χ0v) is 10.0. The summed E-state index contributed by atoms with van der Waals surface area (Å²) in [5.41, 5.74) is 1.08. The SMILES string of the molecule is CC1(C)/C(=C\S(=O)(=O)Cl)[C@@H]2CC[C@H]1C2. The second-order valence-electron chi connectivity index (χ2n) is 4.98. The molecule has 0 saturated heterocycles. The van der Waals surface area contributed by atoms with Crippen LogP contribution in [-0.2, 0) is 9.05 Å². The standard InChI is InChI=1S/C10H15ClO2S/c1-10(2)8-4-3-7(5-8)9(10)6-14(11,12)13/h6-8H,3-5H2,1-2H3/b9-6-/t7-,8+/m1/s1. The Bertz CT molecular complexity index is 381. The largest absolute Gasteiger partial charge is 0.254 e. The molecular formula is C10H15ClO2S. The lowest BCUT2D eigenvalue weighted by atomic mass is 9.73. The third-order valence-electron chi connectivity index (χ3n) is 3.90. The average molecular weight is 235 g/mol. The number of hydrogen-bond donors (Lipinski definition) is 0. The second kappa shape index (κ2) is 2.99. The van der Waals surface area contributed by atoms with E-state index in [0.29, 0.717) is 11.8 Å². The van der Waals surface area contributed by atoms with Crippen molar-refractivity contribution in [2.24, 2.45) is 17.3 Å². The molecule has 0 amide bonds. The van der Waals surface area contributed by atoms with Gasteiger partial charge < -0.3 is 0 Å². The summed E-state index contributed by atoms with van der Waals surface area (Å²) in [6, 6.07) is 0. The summed E-state index contributed by atoms with van der Waals surface area (Å²) in [4.78, 5) is 0. The number of fused-ring (bicyclic) bond motifs is 2. The molecular weight excluding hydrogens is 220 g/mol. The summed E-state index contributed by atoms with van der Waals surface area (Å²) in [5.74, 6) is 1.11. The first-order valence-corrected chi connectivity index (χ1v) is 7.34. The molecule has 2 aliphatic rings. The van der Waals surface area contributed by atoms with Crippen molar-refractivity contribution in [2.45, 2.75) is 33.1 Å². The number of hydrogen-bond acceptors (Lipinski definition) is 2. The first-order chi connectivity index (χ1) is 6.31. The fourth-order valence-corrected chi connectivity index (χ4v) is 4.17. The first-order valence-electron chi connectivity index (χ1n) is 4.97. The fourth-order valence-electron chi connectivity index (χ4n) is 3.08. The molecule has 0 aromatic rings. The van der Waals surface area contributed by atoms with Crippen molar-refractivity contribution in [1.29, 1.82) is 0 Å². The van der Waals surface area contributed by atoms with E-state index in [1.807, 2.05) is 0 Å². The molecule has 4 heteroatoms. The Morgan fingerprint density at radius 1 is 1.43 bits per heavy atom. The lowest BCUT2D eigenvalue weighted by Crippen LogP contribution is -2.23. The Morgan fingerprint density at radius 3 is 2.50 bits per heavy atom. The van der Waals surface area contributed by atoms with Crippen molar-refractivity contribution in [3.05, 3.63) is 11.0 Å². The zero-order valence-electron chi connectivity index (χ0n) is 8.46. The van der Waals surface area contributed by atoms with Crippen LogP contribution in [0.3, 0.4) is 0 Å². The Hall–Kier alpha value is -0.0200. The normalized spacial score (nSPS) is 38.1. The monoisotopic (exact) mass is 234 g/mol. The lowest BCUT2D eigenvalue weighted by Gasteiger charge is -2.32. The summed E-state index contributed by atoms with van der Waals surface area (Å²) < 4.78 is 22.1. The minimum absolute atomic E-state index is 0.0326. The smallest absolute Gasteiger partial charge is 0.208 e. The predicted octanol–water partition coefficient (Wildman–Crippen LogP) is 2.90. The third kappa shape index (κ3) is 1.61. The molecule has 2 rings (SSSR count). The van der Waals surface area contributed by atoms with Crippen molar-refractivity contribution >= 4 is 19.7 Å². The van der Waals surface area contributed by atoms with Gasteiger partial charge in [0.05, 0.1) is 0 Å². The Balaban J connectivity index is 2.42. The minimum atomic E-state index is -3.49. The first kappa shape index (κ1) is 10.5. The van der Waals surface area contributed by atoms with Gasteiger partial charge in [-0.1, -0.05) is 13.8 Å². The van der Waals surface area contributed by atoms with Gasteiger partial charge in [0.15, 0.2) is 0 Å². The van der Waals surface area contributed by atoms with Crippen molar-refractivity contribution in [2.75, 3.05) is 0 Å². The molecule has 2 saturated carbocycles. The number of rotatable bonds is 1. The maximum absolute atomic E-state index is 11.0. The predicted molar refractivity (Wildman–Crippen MR) is 57.5 cm³/mol. The van der Waals surface area contributed by atoms with Crippen LogP contribution in [-0.4, -0.2) is 8.42 Å². The molecule has 0 spiro atoms. The highest BCUT2D eigenvalue weighted by Crippen LogP contribution is 2.59. The van der Waals surface area contributed by atoms with Crippen LogP contribution in [0.1, 0.15) is 33.1 Å². The summed E-state index contributed by atoms with van der Waals surface area (Å²) >= 11 is 0. The molecule has 2 aliphatic carbocycles.